The largest absolute Gasteiger partial charge is 0.0617 e. The zero-order valence-electron chi connectivity index (χ0n) is 17.6. The number of fused-ring (bicyclic) bond motifs is 3. The summed E-state index contributed by atoms with van der Waals surface area (Å²) in [5, 5.41) is 0. The molecule has 0 saturated carbocycles. The van der Waals surface area contributed by atoms with Gasteiger partial charge < -0.3 is 0 Å². The van der Waals surface area contributed by atoms with Crippen LogP contribution in [0.3, 0.4) is 0 Å². The Hall–Kier alpha value is -3.12. The fraction of sp³-hybridized carbons (Fsp3) is 0.172. The minimum absolute atomic E-state index is 1.02. The van der Waals surface area contributed by atoms with Gasteiger partial charge in [-0.15, -0.1) is 0 Å². The molecule has 0 atom stereocenters. The zero-order chi connectivity index (χ0) is 20.1. The molecule has 0 spiro atoms. The molecule has 0 bridgehead atoms. The zero-order valence-corrected chi connectivity index (χ0v) is 17.6. The molecule has 4 aromatic rings. The van der Waals surface area contributed by atoms with Crippen LogP contribution < -0.4 is 0 Å². The Labute approximate surface area is 173 Å². The Morgan fingerprint density at radius 1 is 0.483 bits per heavy atom. The van der Waals surface area contributed by atoms with E-state index in [1.807, 2.05) is 0 Å². The van der Waals surface area contributed by atoms with Gasteiger partial charge in [0.25, 0.3) is 0 Å². The van der Waals surface area contributed by atoms with Crippen molar-refractivity contribution in [1.82, 2.24) is 0 Å². The second kappa shape index (κ2) is 6.74. The third kappa shape index (κ3) is 3.00. The standard InChI is InChI=1S/C29H26/c1-18-8-9-22(14-21(18)4)23-10-12-27-25(15-23)17-26-16-24(11-13-28(26)27)29-19(2)6-5-7-20(29)3/h5-16H,17H2,1-4H3. The molecule has 0 radical (unpaired) electrons. The number of hydrogen-bond donors (Lipinski definition) is 0. The first-order valence-electron chi connectivity index (χ1n) is 10.4. The van der Waals surface area contributed by atoms with Crippen LogP contribution in [0.15, 0.2) is 72.8 Å². The molecular formula is C29H26. The minimum Gasteiger partial charge on any atom is -0.0617 e. The fourth-order valence-electron chi connectivity index (χ4n) is 4.74. The predicted octanol–water partition coefficient (Wildman–Crippen LogP) is 7.83. The Morgan fingerprint density at radius 2 is 1.03 bits per heavy atom. The van der Waals surface area contributed by atoms with Crippen molar-refractivity contribution in [2.24, 2.45) is 0 Å². The van der Waals surface area contributed by atoms with Crippen LogP contribution in [-0.2, 0) is 6.42 Å². The summed E-state index contributed by atoms with van der Waals surface area (Å²) in [6.45, 7) is 8.78. The van der Waals surface area contributed by atoms with Crippen molar-refractivity contribution in [3.05, 3.63) is 106 Å². The summed E-state index contributed by atoms with van der Waals surface area (Å²) in [5.41, 5.74) is 16.4. The summed E-state index contributed by atoms with van der Waals surface area (Å²) in [7, 11) is 0. The van der Waals surface area contributed by atoms with Crippen molar-refractivity contribution in [2.45, 2.75) is 34.1 Å². The molecule has 0 heterocycles. The maximum absolute atomic E-state index is 2.40. The van der Waals surface area contributed by atoms with E-state index in [-0.39, 0.29) is 0 Å². The van der Waals surface area contributed by atoms with Crippen molar-refractivity contribution in [3.8, 4) is 33.4 Å². The number of rotatable bonds is 2. The number of hydrogen-bond acceptors (Lipinski definition) is 0. The summed E-state index contributed by atoms with van der Waals surface area (Å²) in [6, 6.07) is 27.3. The van der Waals surface area contributed by atoms with Crippen LogP contribution in [0.1, 0.15) is 33.4 Å². The van der Waals surface area contributed by atoms with Gasteiger partial charge in [-0.1, -0.05) is 72.8 Å². The number of benzene rings is 4. The van der Waals surface area contributed by atoms with Gasteiger partial charge in [0.1, 0.15) is 0 Å². The van der Waals surface area contributed by atoms with Crippen LogP contribution >= 0.6 is 0 Å². The van der Waals surface area contributed by atoms with E-state index in [1.54, 1.807) is 0 Å². The molecule has 0 aliphatic heterocycles. The molecule has 1 aliphatic rings. The van der Waals surface area contributed by atoms with Crippen LogP contribution in [-0.4, -0.2) is 0 Å². The summed E-state index contributed by atoms with van der Waals surface area (Å²) in [6.07, 6.45) is 1.02. The SMILES string of the molecule is Cc1ccc(-c2ccc3c(c2)Cc2cc(-c4c(C)cccc4C)ccc2-3)cc1C. The lowest BCUT2D eigenvalue weighted by atomic mass is 9.93. The Balaban J connectivity index is 1.55. The van der Waals surface area contributed by atoms with Gasteiger partial charge in [-0.3, -0.25) is 0 Å². The third-order valence-electron chi connectivity index (χ3n) is 6.49. The monoisotopic (exact) mass is 374 g/mol. The van der Waals surface area contributed by atoms with Crippen LogP contribution in [0.4, 0.5) is 0 Å². The molecule has 0 heteroatoms. The lowest BCUT2D eigenvalue weighted by molar-refractivity contribution is 1.26. The average molecular weight is 375 g/mol. The molecule has 0 aromatic heterocycles. The molecular weight excluding hydrogens is 348 g/mol. The quantitative estimate of drug-likeness (QED) is 0.295. The molecule has 0 amide bonds. The predicted molar refractivity (Wildman–Crippen MR) is 125 cm³/mol. The second-order valence-electron chi connectivity index (χ2n) is 8.49. The summed E-state index contributed by atoms with van der Waals surface area (Å²) >= 11 is 0. The molecule has 0 fully saturated rings. The summed E-state index contributed by atoms with van der Waals surface area (Å²) in [4.78, 5) is 0. The van der Waals surface area contributed by atoms with Crippen LogP contribution in [0.2, 0.25) is 0 Å². The van der Waals surface area contributed by atoms with Crippen molar-refractivity contribution >= 4 is 0 Å². The van der Waals surface area contributed by atoms with Crippen molar-refractivity contribution in [3.63, 3.8) is 0 Å². The highest BCUT2D eigenvalue weighted by atomic mass is 14.2. The van der Waals surface area contributed by atoms with Gasteiger partial charge in [-0.05, 0) is 101 Å². The molecule has 1 aliphatic carbocycles. The highest BCUT2D eigenvalue weighted by molar-refractivity contribution is 5.83. The Morgan fingerprint density at radius 3 is 1.69 bits per heavy atom. The normalized spacial score (nSPS) is 12.0. The van der Waals surface area contributed by atoms with Gasteiger partial charge in [-0.2, -0.15) is 0 Å². The first-order valence-corrected chi connectivity index (χ1v) is 10.4. The van der Waals surface area contributed by atoms with Gasteiger partial charge in [0.2, 0.25) is 0 Å². The molecule has 0 saturated heterocycles. The van der Waals surface area contributed by atoms with Crippen molar-refractivity contribution in [2.75, 3.05) is 0 Å². The van der Waals surface area contributed by atoms with Gasteiger partial charge in [0.15, 0.2) is 0 Å². The van der Waals surface area contributed by atoms with Crippen LogP contribution in [0.25, 0.3) is 33.4 Å². The second-order valence-corrected chi connectivity index (χ2v) is 8.49. The van der Waals surface area contributed by atoms with Crippen molar-refractivity contribution in [1.29, 1.82) is 0 Å². The summed E-state index contributed by atoms with van der Waals surface area (Å²) < 4.78 is 0. The van der Waals surface area contributed by atoms with E-state index >= 15 is 0 Å². The minimum atomic E-state index is 1.02. The lowest BCUT2D eigenvalue weighted by Gasteiger charge is -2.11. The van der Waals surface area contributed by atoms with E-state index in [0.29, 0.717) is 0 Å². The molecule has 4 aromatic carbocycles. The van der Waals surface area contributed by atoms with Gasteiger partial charge in [0, 0.05) is 0 Å². The summed E-state index contributed by atoms with van der Waals surface area (Å²) in [5.74, 6) is 0. The van der Waals surface area contributed by atoms with Gasteiger partial charge in [0.05, 0.1) is 0 Å². The van der Waals surface area contributed by atoms with E-state index in [4.69, 9.17) is 0 Å². The van der Waals surface area contributed by atoms with E-state index in [9.17, 15) is 0 Å². The van der Waals surface area contributed by atoms with E-state index in [0.717, 1.165) is 6.42 Å². The highest BCUT2D eigenvalue weighted by Gasteiger charge is 2.20. The van der Waals surface area contributed by atoms with Crippen molar-refractivity contribution < 1.29 is 0 Å². The topological polar surface area (TPSA) is 0 Å². The van der Waals surface area contributed by atoms with E-state index < -0.39 is 0 Å². The smallest absolute Gasteiger partial charge is 0.00130 e. The van der Waals surface area contributed by atoms with E-state index in [2.05, 4.69) is 100 Å². The average Bonchev–Trinajstić information content (AvgIpc) is 3.07. The number of aryl methyl sites for hydroxylation is 4. The molecule has 0 nitrogen and oxygen atoms in total. The molecule has 142 valence electrons. The maximum Gasteiger partial charge on any atom is -0.00130 e. The Kier molecular flexibility index (Phi) is 4.17. The maximum atomic E-state index is 2.40. The van der Waals surface area contributed by atoms with Crippen LogP contribution in [0.5, 0.6) is 0 Å². The van der Waals surface area contributed by atoms with Crippen LogP contribution in [0, 0.1) is 27.7 Å². The lowest BCUT2D eigenvalue weighted by Crippen LogP contribution is -1.89. The highest BCUT2D eigenvalue weighted by Crippen LogP contribution is 2.41. The first-order chi connectivity index (χ1) is 14.0. The molecule has 29 heavy (non-hydrogen) atoms. The van der Waals surface area contributed by atoms with Gasteiger partial charge >= 0.3 is 0 Å². The first kappa shape index (κ1) is 17.9. The van der Waals surface area contributed by atoms with Gasteiger partial charge in [-0.25, -0.2) is 0 Å². The van der Waals surface area contributed by atoms with E-state index in [1.165, 1.54) is 66.8 Å². The molecule has 5 rings (SSSR count). The third-order valence-corrected chi connectivity index (χ3v) is 6.49. The Bertz CT molecular complexity index is 1240. The molecule has 0 N–H and O–H groups in total. The molecule has 0 unspecified atom stereocenters. The fourth-order valence-corrected chi connectivity index (χ4v) is 4.74.